The van der Waals surface area contributed by atoms with Crippen molar-refractivity contribution in [2.75, 3.05) is 6.16 Å². The zero-order valence-electron chi connectivity index (χ0n) is 16.5. The summed E-state index contributed by atoms with van der Waals surface area (Å²) < 4.78 is 42.2. The number of nitrogens with one attached hydrogen (secondary N) is 1. The summed E-state index contributed by atoms with van der Waals surface area (Å²) in [6.07, 6.45) is -1.70. The fourth-order valence-electron chi connectivity index (χ4n) is 3.29. The van der Waals surface area contributed by atoms with E-state index in [9.17, 15) is 24.4 Å². The molecular weight excluding hydrogens is 585 g/mol. The second-order valence-corrected chi connectivity index (χ2v) is 9.65. The van der Waals surface area contributed by atoms with Crippen molar-refractivity contribution in [3.63, 3.8) is 0 Å². The first kappa shape index (κ1) is 26.0. The Morgan fingerprint density at radius 3 is 2.14 bits per heavy atom. The average molecular weight is 613 g/mol. The molecule has 1 fully saturated rings. The zero-order valence-corrected chi connectivity index (χ0v) is 20.0. The summed E-state index contributed by atoms with van der Waals surface area (Å²) in [5, 5.41) is 20.8. The van der Waals surface area contributed by atoms with Gasteiger partial charge in [0.2, 0.25) is 0 Å². The van der Waals surface area contributed by atoms with Crippen LogP contribution in [0.25, 0.3) is 0 Å². The fraction of sp³-hybridized carbons (Fsp3) is 0.750. The van der Waals surface area contributed by atoms with E-state index >= 15 is 0 Å². The standard InChI is InChI=1S/C16H27N2O7P.2O.Os/c1-9(2)24-26(23,25-10(3)4)8-11-7-12(15(21)14(11)20)18-6-5-13(19)17-16(18)22;;;/h5-6,9-12,14-15,20-21H,7-8H2,1-4H3,(H,17,19,22);;;/t11-,12-,14-,15+;;;/m1.../s1. The van der Waals surface area contributed by atoms with Gasteiger partial charge in [-0.05, 0) is 34.1 Å². The number of aromatic amines is 1. The van der Waals surface area contributed by atoms with E-state index in [1.807, 2.05) is 0 Å². The number of H-pyrrole nitrogens is 1. The summed E-state index contributed by atoms with van der Waals surface area (Å²) in [6.45, 7) is 6.94. The van der Waals surface area contributed by atoms with Gasteiger partial charge in [-0.15, -0.1) is 0 Å². The maximum absolute atomic E-state index is 13.0. The summed E-state index contributed by atoms with van der Waals surface area (Å²) in [6, 6.07) is 0.425. The second-order valence-electron chi connectivity index (χ2n) is 7.22. The molecule has 3 N–H and O–H groups in total. The monoisotopic (exact) mass is 614 g/mol. The fourth-order valence-corrected chi connectivity index (χ4v) is 5.73. The van der Waals surface area contributed by atoms with E-state index in [0.29, 0.717) is 0 Å². The number of hydrogen-bond acceptors (Lipinski definition) is 9. The van der Waals surface area contributed by atoms with Crippen LogP contribution < -0.4 is 11.2 Å². The molecule has 0 saturated heterocycles. The summed E-state index contributed by atoms with van der Waals surface area (Å²) in [4.78, 5) is 25.3. The SMILES string of the molecule is CC(C)OP(=O)(C[C@H]1C[C@@H](n2ccc(=O)[nH]c2=O)[C@H](O)[C@@H]1O)OC(C)C.[O]=[Os]=[O]. The Morgan fingerprint density at radius 1 is 1.17 bits per heavy atom. The van der Waals surface area contributed by atoms with Crippen molar-refractivity contribution >= 4 is 7.60 Å². The van der Waals surface area contributed by atoms with Crippen molar-refractivity contribution in [3.05, 3.63) is 33.1 Å². The van der Waals surface area contributed by atoms with E-state index in [2.05, 4.69) is 4.98 Å². The van der Waals surface area contributed by atoms with E-state index in [0.717, 1.165) is 0 Å². The van der Waals surface area contributed by atoms with E-state index in [1.165, 1.54) is 16.8 Å². The molecular formula is C16H27N2O9OsP. The van der Waals surface area contributed by atoms with Gasteiger partial charge >= 0.3 is 37.7 Å². The minimum absolute atomic E-state index is 0.0732. The molecule has 1 aliphatic carbocycles. The quantitative estimate of drug-likeness (QED) is 0.375. The van der Waals surface area contributed by atoms with Gasteiger partial charge in [0.25, 0.3) is 5.56 Å². The van der Waals surface area contributed by atoms with Gasteiger partial charge in [-0.25, -0.2) is 4.79 Å². The van der Waals surface area contributed by atoms with Gasteiger partial charge in [-0.1, -0.05) is 0 Å². The average Bonchev–Trinajstić information content (AvgIpc) is 2.82. The molecule has 11 nitrogen and oxygen atoms in total. The number of nitrogens with zero attached hydrogens (tertiary/aromatic N) is 1. The number of aliphatic hydroxyl groups is 2. The van der Waals surface area contributed by atoms with Crippen LogP contribution in [0, 0.1) is 5.92 Å². The second kappa shape index (κ2) is 11.4. The molecule has 0 aliphatic heterocycles. The van der Waals surface area contributed by atoms with Gasteiger partial charge in [0.15, 0.2) is 0 Å². The van der Waals surface area contributed by atoms with Crippen LogP contribution in [-0.4, -0.2) is 50.3 Å². The van der Waals surface area contributed by atoms with Gasteiger partial charge in [0, 0.05) is 18.2 Å². The summed E-state index contributed by atoms with van der Waals surface area (Å²) in [5.41, 5.74) is -1.22. The van der Waals surface area contributed by atoms with Gasteiger partial charge in [0.05, 0.1) is 30.5 Å². The summed E-state index contributed by atoms with van der Waals surface area (Å²) in [7, 11) is -3.50. The van der Waals surface area contributed by atoms with Crippen LogP contribution in [0.4, 0.5) is 0 Å². The van der Waals surface area contributed by atoms with Gasteiger partial charge in [0.1, 0.15) is 6.10 Å². The van der Waals surface area contributed by atoms with Crippen molar-refractivity contribution < 1.29 is 48.2 Å². The third-order valence-corrected chi connectivity index (χ3v) is 6.58. The predicted molar refractivity (Wildman–Crippen MR) is 96.8 cm³/mol. The molecule has 0 aromatic carbocycles. The molecule has 1 heterocycles. The van der Waals surface area contributed by atoms with Crippen molar-refractivity contribution in [2.24, 2.45) is 5.92 Å². The number of aliphatic hydroxyl groups excluding tert-OH is 2. The summed E-state index contributed by atoms with van der Waals surface area (Å²) in [5.74, 6) is -0.586. The third-order valence-electron chi connectivity index (χ3n) is 4.18. The Labute approximate surface area is 175 Å². The molecule has 0 amide bonds. The van der Waals surface area contributed by atoms with Crippen LogP contribution in [-0.2, 0) is 38.0 Å². The Bertz CT molecular complexity index is 848. The predicted octanol–water partition coefficient (Wildman–Crippen LogP) is 0.622. The number of aromatic nitrogens is 2. The normalized spacial score (nSPS) is 24.6. The maximum atomic E-state index is 13.0. The molecule has 4 atom stereocenters. The van der Waals surface area contributed by atoms with Crippen molar-refractivity contribution in [1.82, 2.24) is 9.55 Å². The topological polar surface area (TPSA) is 165 Å². The number of hydrogen-bond donors (Lipinski definition) is 3. The van der Waals surface area contributed by atoms with Crippen LogP contribution >= 0.6 is 7.60 Å². The number of rotatable bonds is 7. The molecule has 1 aromatic rings. The van der Waals surface area contributed by atoms with E-state index < -0.39 is 60.3 Å². The third kappa shape index (κ3) is 7.63. The van der Waals surface area contributed by atoms with Crippen molar-refractivity contribution in [3.8, 4) is 0 Å². The van der Waals surface area contributed by atoms with Crippen LogP contribution in [0.1, 0.15) is 40.2 Å². The zero-order chi connectivity index (χ0) is 22.4. The Kier molecular flexibility index (Phi) is 10.2. The van der Waals surface area contributed by atoms with E-state index in [1.54, 1.807) is 27.7 Å². The molecule has 13 heteroatoms. The van der Waals surface area contributed by atoms with Crippen LogP contribution in [0.2, 0.25) is 0 Å². The Morgan fingerprint density at radius 2 is 1.69 bits per heavy atom. The van der Waals surface area contributed by atoms with Gasteiger partial charge < -0.3 is 19.3 Å². The molecule has 29 heavy (non-hydrogen) atoms. The minimum atomic E-state index is -3.50. The Hall–Kier alpha value is -1.01. The summed E-state index contributed by atoms with van der Waals surface area (Å²) >= 11 is -2.08. The molecule has 0 spiro atoms. The van der Waals surface area contributed by atoms with E-state index in [4.69, 9.17) is 16.1 Å². The van der Waals surface area contributed by atoms with Crippen molar-refractivity contribution in [1.29, 1.82) is 0 Å². The van der Waals surface area contributed by atoms with Crippen molar-refractivity contribution in [2.45, 2.75) is 64.6 Å². The van der Waals surface area contributed by atoms with Crippen LogP contribution in [0.3, 0.4) is 0 Å². The molecule has 1 aliphatic rings. The van der Waals surface area contributed by atoms with Gasteiger partial charge in [-0.3, -0.25) is 18.9 Å². The van der Waals surface area contributed by atoms with Gasteiger partial charge in [-0.2, -0.15) is 0 Å². The van der Waals surface area contributed by atoms with Crippen LogP contribution in [0.5, 0.6) is 0 Å². The molecule has 168 valence electrons. The Balaban J connectivity index is 0.00000132. The first-order valence-corrected chi connectivity index (χ1v) is 12.7. The molecule has 0 radical (unpaired) electrons. The molecule has 0 unspecified atom stereocenters. The molecule has 2 rings (SSSR count). The first-order valence-electron chi connectivity index (χ1n) is 8.94. The van der Waals surface area contributed by atoms with E-state index in [-0.39, 0.29) is 24.8 Å². The first-order chi connectivity index (χ1) is 13.4. The molecule has 1 aromatic heterocycles. The molecule has 0 bridgehead atoms. The molecule has 1 saturated carbocycles. The van der Waals surface area contributed by atoms with Crippen LogP contribution in [0.15, 0.2) is 21.9 Å².